The van der Waals surface area contributed by atoms with E-state index in [0.29, 0.717) is 12.6 Å². The second-order valence-corrected chi connectivity index (χ2v) is 7.13. The predicted molar refractivity (Wildman–Crippen MR) is 98.1 cm³/mol. The van der Waals surface area contributed by atoms with Crippen LogP contribution in [0.5, 0.6) is 0 Å². The quantitative estimate of drug-likeness (QED) is 0.898. The Morgan fingerprint density at radius 2 is 1.83 bits per heavy atom. The third-order valence-electron chi connectivity index (χ3n) is 5.48. The standard InChI is InChI=1S/C20H31N3O/c1-2-17-9-4-5-10-18(17)15-21-20(24)23-14-8-11-19(23)16-22-12-6-3-7-13-22/h4-5,9-10,19H,2-3,6-8,11-16H2,1H3,(H,21,24). The maximum Gasteiger partial charge on any atom is 0.317 e. The van der Waals surface area contributed by atoms with Gasteiger partial charge in [-0.3, -0.25) is 0 Å². The van der Waals surface area contributed by atoms with Gasteiger partial charge in [0.05, 0.1) is 0 Å². The minimum Gasteiger partial charge on any atom is -0.334 e. The molecule has 0 saturated carbocycles. The molecule has 1 N–H and O–H groups in total. The van der Waals surface area contributed by atoms with Gasteiger partial charge >= 0.3 is 6.03 Å². The zero-order chi connectivity index (χ0) is 16.8. The Labute approximate surface area is 146 Å². The molecule has 0 bridgehead atoms. The van der Waals surface area contributed by atoms with Crippen LogP contribution in [-0.2, 0) is 13.0 Å². The van der Waals surface area contributed by atoms with Gasteiger partial charge in [-0.1, -0.05) is 37.6 Å². The molecule has 2 aliphatic heterocycles. The minimum atomic E-state index is 0.111. The molecular formula is C20H31N3O. The lowest BCUT2D eigenvalue weighted by molar-refractivity contribution is 0.153. The molecule has 1 aromatic carbocycles. The Balaban J connectivity index is 1.53. The van der Waals surface area contributed by atoms with Crippen molar-refractivity contribution < 1.29 is 4.79 Å². The number of carbonyl (C=O) groups is 1. The summed E-state index contributed by atoms with van der Waals surface area (Å²) in [5.74, 6) is 0. The number of nitrogens with zero attached hydrogens (tertiary/aromatic N) is 2. The van der Waals surface area contributed by atoms with E-state index in [2.05, 4.69) is 46.3 Å². The summed E-state index contributed by atoms with van der Waals surface area (Å²) < 4.78 is 0. The summed E-state index contributed by atoms with van der Waals surface area (Å²) in [5, 5.41) is 3.15. The van der Waals surface area contributed by atoms with Crippen LogP contribution in [0.1, 0.15) is 50.2 Å². The minimum absolute atomic E-state index is 0.111. The van der Waals surface area contributed by atoms with Crippen LogP contribution in [0.3, 0.4) is 0 Å². The number of rotatable bonds is 5. The first-order valence-corrected chi connectivity index (χ1v) is 9.61. The van der Waals surface area contributed by atoms with E-state index in [1.807, 2.05) is 0 Å². The molecule has 1 atom stereocenters. The summed E-state index contributed by atoms with van der Waals surface area (Å²) in [5.41, 5.74) is 2.56. The number of benzene rings is 1. The van der Waals surface area contributed by atoms with Crippen LogP contribution in [0.2, 0.25) is 0 Å². The summed E-state index contributed by atoms with van der Waals surface area (Å²) in [6.07, 6.45) is 7.28. The van der Waals surface area contributed by atoms with Crippen molar-refractivity contribution in [3.05, 3.63) is 35.4 Å². The molecule has 24 heavy (non-hydrogen) atoms. The predicted octanol–water partition coefficient (Wildman–Crippen LogP) is 3.41. The molecule has 3 rings (SSSR count). The molecule has 0 aromatic heterocycles. The highest BCUT2D eigenvalue weighted by Gasteiger charge is 2.30. The molecule has 2 aliphatic rings. The van der Waals surface area contributed by atoms with Gasteiger partial charge in [0.1, 0.15) is 0 Å². The summed E-state index contributed by atoms with van der Waals surface area (Å²) >= 11 is 0. The lowest BCUT2D eigenvalue weighted by Crippen LogP contribution is -2.48. The lowest BCUT2D eigenvalue weighted by Gasteiger charge is -2.33. The number of aryl methyl sites for hydroxylation is 1. The largest absolute Gasteiger partial charge is 0.334 e. The Kier molecular flexibility index (Phi) is 6.13. The summed E-state index contributed by atoms with van der Waals surface area (Å²) in [6, 6.07) is 8.89. The number of hydrogen-bond acceptors (Lipinski definition) is 2. The number of amides is 2. The van der Waals surface area contributed by atoms with Crippen LogP contribution < -0.4 is 5.32 Å². The highest BCUT2D eigenvalue weighted by molar-refractivity contribution is 5.75. The highest BCUT2D eigenvalue weighted by atomic mass is 16.2. The van der Waals surface area contributed by atoms with Crippen LogP contribution in [0.15, 0.2) is 24.3 Å². The van der Waals surface area contributed by atoms with E-state index >= 15 is 0 Å². The molecule has 4 heteroatoms. The fourth-order valence-electron chi connectivity index (χ4n) is 4.08. The molecule has 0 radical (unpaired) electrons. The van der Waals surface area contributed by atoms with Gasteiger partial charge in [-0.05, 0) is 56.3 Å². The molecular weight excluding hydrogens is 298 g/mol. The van der Waals surface area contributed by atoms with E-state index < -0.39 is 0 Å². The number of hydrogen-bond donors (Lipinski definition) is 1. The number of nitrogens with one attached hydrogen (secondary N) is 1. The van der Waals surface area contributed by atoms with Crippen LogP contribution in [0, 0.1) is 0 Å². The number of piperidine rings is 1. The van der Waals surface area contributed by atoms with Gasteiger partial charge in [-0.15, -0.1) is 0 Å². The normalized spacial score (nSPS) is 21.9. The fourth-order valence-corrected chi connectivity index (χ4v) is 4.08. The van der Waals surface area contributed by atoms with Crippen molar-refractivity contribution in [3.8, 4) is 0 Å². The average Bonchev–Trinajstić information content (AvgIpc) is 3.09. The van der Waals surface area contributed by atoms with E-state index in [1.54, 1.807) is 0 Å². The van der Waals surface area contributed by atoms with Crippen LogP contribution in [0.4, 0.5) is 4.79 Å². The molecule has 2 amide bonds. The summed E-state index contributed by atoms with van der Waals surface area (Å²) in [4.78, 5) is 17.3. The first-order valence-electron chi connectivity index (χ1n) is 9.61. The van der Waals surface area contributed by atoms with Crippen molar-refractivity contribution >= 4 is 6.03 Å². The lowest BCUT2D eigenvalue weighted by atomic mass is 10.1. The summed E-state index contributed by atoms with van der Waals surface area (Å²) in [6.45, 7) is 7.16. The van der Waals surface area contributed by atoms with Gasteiger partial charge in [0.2, 0.25) is 0 Å². The van der Waals surface area contributed by atoms with Crippen molar-refractivity contribution in [1.29, 1.82) is 0 Å². The van der Waals surface area contributed by atoms with Gasteiger partial charge in [0, 0.05) is 25.7 Å². The third kappa shape index (κ3) is 4.29. The molecule has 1 aromatic rings. The second kappa shape index (κ2) is 8.52. The Hall–Kier alpha value is -1.55. The molecule has 1 unspecified atom stereocenters. The third-order valence-corrected chi connectivity index (χ3v) is 5.48. The van der Waals surface area contributed by atoms with Crippen molar-refractivity contribution in [2.24, 2.45) is 0 Å². The number of urea groups is 1. The van der Waals surface area contributed by atoms with Crippen LogP contribution >= 0.6 is 0 Å². The van der Waals surface area contributed by atoms with Gasteiger partial charge in [0.15, 0.2) is 0 Å². The Morgan fingerprint density at radius 1 is 1.08 bits per heavy atom. The van der Waals surface area contributed by atoms with Gasteiger partial charge in [-0.2, -0.15) is 0 Å². The van der Waals surface area contributed by atoms with Crippen LogP contribution in [-0.4, -0.2) is 48.1 Å². The van der Waals surface area contributed by atoms with E-state index in [9.17, 15) is 4.79 Å². The number of likely N-dealkylation sites (tertiary alicyclic amines) is 2. The van der Waals surface area contributed by atoms with Crippen LogP contribution in [0.25, 0.3) is 0 Å². The maximum atomic E-state index is 12.7. The van der Waals surface area contributed by atoms with E-state index in [0.717, 1.165) is 32.4 Å². The Morgan fingerprint density at radius 3 is 2.58 bits per heavy atom. The first-order chi connectivity index (χ1) is 11.8. The van der Waals surface area contributed by atoms with E-state index in [1.165, 1.54) is 43.5 Å². The van der Waals surface area contributed by atoms with Gasteiger partial charge in [-0.25, -0.2) is 4.79 Å². The fraction of sp³-hybridized carbons (Fsp3) is 0.650. The second-order valence-electron chi connectivity index (χ2n) is 7.13. The molecule has 2 saturated heterocycles. The molecule has 0 aliphatic carbocycles. The van der Waals surface area contributed by atoms with Crippen molar-refractivity contribution in [3.63, 3.8) is 0 Å². The zero-order valence-corrected chi connectivity index (χ0v) is 15.0. The molecule has 0 spiro atoms. The topological polar surface area (TPSA) is 35.6 Å². The van der Waals surface area contributed by atoms with Gasteiger partial charge < -0.3 is 15.1 Å². The average molecular weight is 329 g/mol. The molecule has 132 valence electrons. The number of carbonyl (C=O) groups excluding carboxylic acids is 1. The molecule has 2 fully saturated rings. The molecule has 4 nitrogen and oxygen atoms in total. The van der Waals surface area contributed by atoms with E-state index in [4.69, 9.17) is 0 Å². The Bertz CT molecular complexity index is 539. The highest BCUT2D eigenvalue weighted by Crippen LogP contribution is 2.20. The molecule has 2 heterocycles. The van der Waals surface area contributed by atoms with Crippen molar-refractivity contribution in [2.45, 2.75) is 58.0 Å². The zero-order valence-electron chi connectivity index (χ0n) is 15.0. The first kappa shape index (κ1) is 17.3. The summed E-state index contributed by atoms with van der Waals surface area (Å²) in [7, 11) is 0. The smallest absolute Gasteiger partial charge is 0.317 e. The maximum absolute atomic E-state index is 12.7. The monoisotopic (exact) mass is 329 g/mol. The van der Waals surface area contributed by atoms with Crippen molar-refractivity contribution in [1.82, 2.24) is 15.1 Å². The van der Waals surface area contributed by atoms with Gasteiger partial charge in [0.25, 0.3) is 0 Å². The van der Waals surface area contributed by atoms with Crippen molar-refractivity contribution in [2.75, 3.05) is 26.2 Å². The van der Waals surface area contributed by atoms with E-state index in [-0.39, 0.29) is 6.03 Å². The SMILES string of the molecule is CCc1ccccc1CNC(=O)N1CCCC1CN1CCCCC1.